The predicted molar refractivity (Wildman–Crippen MR) is 76.7 cm³/mol. The Labute approximate surface area is 106 Å². The van der Waals surface area contributed by atoms with E-state index < -0.39 is 0 Å². The number of anilines is 1. The lowest BCUT2D eigenvalue weighted by molar-refractivity contribution is 0.157. The Kier molecular flexibility index (Phi) is 5.01. The number of benzene rings is 1. The molecule has 0 aliphatic rings. The van der Waals surface area contributed by atoms with Crippen LogP contribution >= 0.6 is 0 Å². The zero-order chi connectivity index (χ0) is 12.9. The van der Waals surface area contributed by atoms with Crippen LogP contribution in [-0.2, 0) is 0 Å². The maximum absolute atomic E-state index is 3.46. The van der Waals surface area contributed by atoms with Gasteiger partial charge < -0.3 is 5.32 Å². The first-order chi connectivity index (χ1) is 7.95. The van der Waals surface area contributed by atoms with Gasteiger partial charge in [-0.15, -0.1) is 0 Å². The molecule has 2 heteroatoms. The van der Waals surface area contributed by atoms with E-state index in [0.717, 1.165) is 13.1 Å². The standard InChI is InChI=1S/C15H26N2/c1-6-15(3,4)17(5)12-11-16-14-9-7-13(2)8-10-14/h7-10,16H,6,11-12H2,1-5H3. The third kappa shape index (κ3) is 4.39. The molecule has 0 aliphatic carbocycles. The molecule has 0 saturated carbocycles. The molecule has 0 amide bonds. The van der Waals surface area contributed by atoms with E-state index in [0.29, 0.717) is 0 Å². The van der Waals surface area contributed by atoms with Gasteiger partial charge in [0.05, 0.1) is 0 Å². The number of aryl methyl sites for hydroxylation is 1. The highest BCUT2D eigenvalue weighted by molar-refractivity contribution is 5.44. The normalized spacial score (nSPS) is 11.9. The van der Waals surface area contributed by atoms with Crippen molar-refractivity contribution in [3.63, 3.8) is 0 Å². The second-order valence-corrected chi connectivity index (χ2v) is 5.38. The molecule has 1 N–H and O–H groups in total. The summed E-state index contributed by atoms with van der Waals surface area (Å²) in [5, 5.41) is 3.46. The lowest BCUT2D eigenvalue weighted by Gasteiger charge is -2.34. The topological polar surface area (TPSA) is 15.3 Å². The molecule has 96 valence electrons. The molecule has 1 rings (SSSR count). The number of rotatable bonds is 6. The highest BCUT2D eigenvalue weighted by Gasteiger charge is 2.19. The molecule has 0 spiro atoms. The van der Waals surface area contributed by atoms with Crippen LogP contribution in [0.3, 0.4) is 0 Å². The summed E-state index contributed by atoms with van der Waals surface area (Å²) in [5.74, 6) is 0. The fraction of sp³-hybridized carbons (Fsp3) is 0.600. The van der Waals surface area contributed by atoms with E-state index in [1.54, 1.807) is 0 Å². The minimum Gasteiger partial charge on any atom is -0.384 e. The number of likely N-dealkylation sites (N-methyl/N-ethyl adjacent to an activating group) is 1. The Hall–Kier alpha value is -1.02. The molecule has 0 radical (unpaired) electrons. The van der Waals surface area contributed by atoms with Gasteiger partial charge in [0, 0.05) is 24.3 Å². The van der Waals surface area contributed by atoms with E-state index in [4.69, 9.17) is 0 Å². The smallest absolute Gasteiger partial charge is 0.0340 e. The van der Waals surface area contributed by atoms with Gasteiger partial charge in [0.15, 0.2) is 0 Å². The Bertz CT molecular complexity index is 327. The average Bonchev–Trinajstić information content (AvgIpc) is 2.31. The Morgan fingerprint density at radius 3 is 2.29 bits per heavy atom. The number of hydrogen-bond donors (Lipinski definition) is 1. The molecule has 0 aliphatic heterocycles. The van der Waals surface area contributed by atoms with Gasteiger partial charge in [0.2, 0.25) is 0 Å². The second-order valence-electron chi connectivity index (χ2n) is 5.38. The van der Waals surface area contributed by atoms with Crippen molar-refractivity contribution in [3.8, 4) is 0 Å². The van der Waals surface area contributed by atoms with E-state index in [1.165, 1.54) is 17.7 Å². The quantitative estimate of drug-likeness (QED) is 0.810. The van der Waals surface area contributed by atoms with E-state index in [1.807, 2.05) is 0 Å². The lowest BCUT2D eigenvalue weighted by Crippen LogP contribution is -2.42. The fourth-order valence-corrected chi connectivity index (χ4v) is 1.61. The van der Waals surface area contributed by atoms with Gasteiger partial charge in [-0.2, -0.15) is 0 Å². The van der Waals surface area contributed by atoms with Crippen LogP contribution in [0, 0.1) is 6.92 Å². The van der Waals surface area contributed by atoms with Crippen molar-refractivity contribution >= 4 is 5.69 Å². The van der Waals surface area contributed by atoms with E-state index in [2.05, 4.69) is 69.2 Å². The number of hydrogen-bond acceptors (Lipinski definition) is 2. The fourth-order valence-electron chi connectivity index (χ4n) is 1.61. The Morgan fingerprint density at radius 2 is 1.76 bits per heavy atom. The van der Waals surface area contributed by atoms with Gasteiger partial charge in [0.1, 0.15) is 0 Å². The van der Waals surface area contributed by atoms with Crippen LogP contribution in [0.25, 0.3) is 0 Å². The SMILES string of the molecule is CCC(C)(C)N(C)CCNc1ccc(C)cc1. The number of nitrogens with zero attached hydrogens (tertiary/aromatic N) is 1. The molecule has 0 bridgehead atoms. The van der Waals surface area contributed by atoms with Crippen molar-refractivity contribution in [1.29, 1.82) is 0 Å². The lowest BCUT2D eigenvalue weighted by atomic mass is 10.0. The van der Waals surface area contributed by atoms with Crippen LogP contribution in [0.5, 0.6) is 0 Å². The summed E-state index contributed by atoms with van der Waals surface area (Å²) in [7, 11) is 2.19. The number of nitrogens with one attached hydrogen (secondary N) is 1. The molecular formula is C15H26N2. The minimum absolute atomic E-state index is 0.287. The largest absolute Gasteiger partial charge is 0.384 e. The zero-order valence-corrected chi connectivity index (χ0v) is 11.9. The third-order valence-corrected chi connectivity index (χ3v) is 3.73. The molecule has 1 aromatic rings. The first kappa shape index (κ1) is 14.0. The van der Waals surface area contributed by atoms with Crippen molar-refractivity contribution in [3.05, 3.63) is 29.8 Å². The van der Waals surface area contributed by atoms with Crippen LogP contribution in [0.1, 0.15) is 32.8 Å². The summed E-state index contributed by atoms with van der Waals surface area (Å²) >= 11 is 0. The monoisotopic (exact) mass is 234 g/mol. The highest BCUT2D eigenvalue weighted by Crippen LogP contribution is 2.15. The molecular weight excluding hydrogens is 208 g/mol. The average molecular weight is 234 g/mol. The molecule has 0 fully saturated rings. The molecule has 1 aromatic carbocycles. The van der Waals surface area contributed by atoms with Gasteiger partial charge in [-0.05, 0) is 46.4 Å². The summed E-state index contributed by atoms with van der Waals surface area (Å²) in [5.41, 5.74) is 2.80. The van der Waals surface area contributed by atoms with Crippen LogP contribution in [-0.4, -0.2) is 30.6 Å². The molecule has 0 atom stereocenters. The summed E-state index contributed by atoms with van der Waals surface area (Å²) < 4.78 is 0. The highest BCUT2D eigenvalue weighted by atomic mass is 15.2. The Morgan fingerprint density at radius 1 is 1.18 bits per heavy atom. The van der Waals surface area contributed by atoms with Gasteiger partial charge >= 0.3 is 0 Å². The molecule has 0 unspecified atom stereocenters. The minimum atomic E-state index is 0.287. The third-order valence-electron chi connectivity index (χ3n) is 3.73. The molecule has 0 heterocycles. The van der Waals surface area contributed by atoms with Crippen LogP contribution in [0.2, 0.25) is 0 Å². The van der Waals surface area contributed by atoms with Crippen LogP contribution < -0.4 is 5.32 Å². The second kappa shape index (κ2) is 6.06. The predicted octanol–water partition coefficient (Wildman–Crippen LogP) is 3.53. The maximum atomic E-state index is 3.46. The first-order valence-corrected chi connectivity index (χ1v) is 6.47. The van der Waals surface area contributed by atoms with Gasteiger partial charge in [-0.1, -0.05) is 24.6 Å². The van der Waals surface area contributed by atoms with E-state index in [9.17, 15) is 0 Å². The zero-order valence-electron chi connectivity index (χ0n) is 11.9. The summed E-state index contributed by atoms with van der Waals surface area (Å²) in [4.78, 5) is 2.41. The summed E-state index contributed by atoms with van der Waals surface area (Å²) in [6, 6.07) is 8.56. The maximum Gasteiger partial charge on any atom is 0.0340 e. The van der Waals surface area contributed by atoms with Crippen molar-refractivity contribution in [1.82, 2.24) is 4.90 Å². The van der Waals surface area contributed by atoms with E-state index >= 15 is 0 Å². The van der Waals surface area contributed by atoms with Crippen molar-refractivity contribution in [2.75, 3.05) is 25.5 Å². The first-order valence-electron chi connectivity index (χ1n) is 6.47. The Balaban J connectivity index is 2.35. The van der Waals surface area contributed by atoms with Crippen LogP contribution in [0.15, 0.2) is 24.3 Å². The molecule has 17 heavy (non-hydrogen) atoms. The van der Waals surface area contributed by atoms with Gasteiger partial charge in [-0.25, -0.2) is 0 Å². The molecule has 2 nitrogen and oxygen atoms in total. The van der Waals surface area contributed by atoms with E-state index in [-0.39, 0.29) is 5.54 Å². The van der Waals surface area contributed by atoms with Gasteiger partial charge in [0.25, 0.3) is 0 Å². The summed E-state index contributed by atoms with van der Waals surface area (Å²) in [6.45, 7) is 11.0. The molecule has 0 aromatic heterocycles. The van der Waals surface area contributed by atoms with Crippen LogP contribution in [0.4, 0.5) is 5.69 Å². The molecule has 0 saturated heterocycles. The van der Waals surface area contributed by atoms with Crippen molar-refractivity contribution in [2.24, 2.45) is 0 Å². The van der Waals surface area contributed by atoms with Gasteiger partial charge in [-0.3, -0.25) is 4.90 Å². The summed E-state index contributed by atoms with van der Waals surface area (Å²) in [6.07, 6.45) is 1.17. The van der Waals surface area contributed by atoms with Crippen molar-refractivity contribution in [2.45, 2.75) is 39.7 Å². The van der Waals surface area contributed by atoms with Crippen molar-refractivity contribution < 1.29 is 0 Å².